The third kappa shape index (κ3) is 2.95. The number of carbonyl (C=O) groups is 1. The molecule has 0 bridgehead atoms. The van der Waals surface area contributed by atoms with Crippen LogP contribution < -0.4 is 11.1 Å². The molecule has 0 fully saturated rings. The van der Waals surface area contributed by atoms with E-state index in [-0.39, 0.29) is 24.8 Å². The number of carbonyl (C=O) groups excluding carboxylic acids is 1. The monoisotopic (exact) mass is 300 g/mol. The molecule has 0 aliphatic rings. The van der Waals surface area contributed by atoms with Gasteiger partial charge in [0.05, 0.1) is 12.8 Å². The summed E-state index contributed by atoms with van der Waals surface area (Å²) in [5.74, 6) is -0.177. The zero-order chi connectivity index (χ0) is 15.4. The Morgan fingerprint density at radius 2 is 2.23 bits per heavy atom. The maximum absolute atomic E-state index is 11.9. The van der Waals surface area contributed by atoms with Crippen LogP contribution in [0.1, 0.15) is 5.76 Å². The minimum absolute atomic E-state index is 0.201. The van der Waals surface area contributed by atoms with Gasteiger partial charge in [-0.2, -0.15) is 0 Å². The molecule has 1 amide bonds. The summed E-state index contributed by atoms with van der Waals surface area (Å²) in [6, 6.07) is 6.90. The number of pyridine rings is 1. The highest BCUT2D eigenvalue weighted by Crippen LogP contribution is 2.13. The Labute approximate surface area is 124 Å². The minimum Gasteiger partial charge on any atom is -0.467 e. The van der Waals surface area contributed by atoms with Crippen LogP contribution in [0.3, 0.4) is 0 Å². The molecule has 1 N–H and O–H groups in total. The highest BCUT2D eigenvalue weighted by atomic mass is 16.5. The van der Waals surface area contributed by atoms with E-state index >= 15 is 0 Å². The molecule has 8 heteroatoms. The molecule has 0 saturated heterocycles. The van der Waals surface area contributed by atoms with Gasteiger partial charge in [-0.15, -0.1) is 0 Å². The molecule has 0 spiro atoms. The lowest BCUT2D eigenvalue weighted by Crippen LogP contribution is -2.30. The van der Waals surface area contributed by atoms with Crippen LogP contribution in [-0.4, -0.2) is 20.6 Å². The Hall–Kier alpha value is -3.16. The van der Waals surface area contributed by atoms with Crippen LogP contribution in [0.25, 0.3) is 11.4 Å². The number of aromatic nitrogens is 3. The van der Waals surface area contributed by atoms with Crippen LogP contribution in [0.2, 0.25) is 0 Å². The number of hydrogen-bond acceptors (Lipinski definition) is 6. The van der Waals surface area contributed by atoms with Gasteiger partial charge in [0, 0.05) is 18.0 Å². The van der Waals surface area contributed by atoms with Crippen molar-refractivity contribution < 1.29 is 13.7 Å². The second-order valence-electron chi connectivity index (χ2n) is 4.46. The van der Waals surface area contributed by atoms with E-state index in [0.29, 0.717) is 11.3 Å². The fourth-order valence-electron chi connectivity index (χ4n) is 1.91. The predicted molar refractivity (Wildman–Crippen MR) is 74.5 cm³/mol. The van der Waals surface area contributed by atoms with Gasteiger partial charge in [-0.25, -0.2) is 9.36 Å². The van der Waals surface area contributed by atoms with Gasteiger partial charge >= 0.3 is 5.76 Å². The maximum atomic E-state index is 11.9. The number of nitrogens with one attached hydrogen (secondary N) is 1. The first-order chi connectivity index (χ1) is 10.7. The molecule has 0 saturated carbocycles. The molecule has 3 rings (SSSR count). The molecule has 3 aromatic heterocycles. The van der Waals surface area contributed by atoms with E-state index in [4.69, 9.17) is 4.42 Å². The van der Waals surface area contributed by atoms with Gasteiger partial charge in [0.15, 0.2) is 5.82 Å². The maximum Gasteiger partial charge on any atom is 0.442 e. The van der Waals surface area contributed by atoms with Crippen LogP contribution >= 0.6 is 0 Å². The molecular weight excluding hydrogens is 288 g/mol. The van der Waals surface area contributed by atoms with E-state index in [2.05, 4.69) is 20.0 Å². The Morgan fingerprint density at radius 1 is 1.32 bits per heavy atom. The summed E-state index contributed by atoms with van der Waals surface area (Å²) < 4.78 is 10.9. The first kappa shape index (κ1) is 13.8. The van der Waals surface area contributed by atoms with Gasteiger partial charge in [0.1, 0.15) is 12.3 Å². The molecule has 0 aromatic carbocycles. The summed E-state index contributed by atoms with van der Waals surface area (Å²) in [4.78, 5) is 27.6. The minimum atomic E-state index is -0.702. The molecule has 0 aliphatic carbocycles. The topological polar surface area (TPSA) is 103 Å². The summed E-state index contributed by atoms with van der Waals surface area (Å²) in [5, 5.41) is 6.34. The number of rotatable bonds is 5. The molecule has 8 nitrogen and oxygen atoms in total. The lowest BCUT2D eigenvalue weighted by Gasteiger charge is -2.05. The predicted octanol–water partition coefficient (Wildman–Crippen LogP) is 0.808. The van der Waals surface area contributed by atoms with Gasteiger partial charge in [0.25, 0.3) is 0 Å². The summed E-state index contributed by atoms with van der Waals surface area (Å²) >= 11 is 0. The van der Waals surface area contributed by atoms with Gasteiger partial charge in [-0.3, -0.25) is 14.3 Å². The van der Waals surface area contributed by atoms with Crippen molar-refractivity contribution in [3.63, 3.8) is 0 Å². The van der Waals surface area contributed by atoms with E-state index in [0.717, 1.165) is 4.57 Å². The smallest absolute Gasteiger partial charge is 0.442 e. The summed E-state index contributed by atoms with van der Waals surface area (Å²) in [7, 11) is 0. The standard InChI is InChI=1S/C14H12N4O4/c19-12(16-8-11-4-2-6-21-11)9-18-13(17-22-14(18)20)10-3-1-5-15-7-10/h1-7H,8-9H2,(H,16,19). The van der Waals surface area contributed by atoms with E-state index in [9.17, 15) is 9.59 Å². The van der Waals surface area contributed by atoms with Crippen molar-refractivity contribution in [3.05, 3.63) is 59.2 Å². The number of hydrogen-bond donors (Lipinski definition) is 1. The molecule has 3 aromatic rings. The van der Waals surface area contributed by atoms with E-state index in [1.54, 1.807) is 30.5 Å². The molecular formula is C14H12N4O4. The summed E-state index contributed by atoms with van der Waals surface area (Å²) in [6.07, 6.45) is 4.66. The zero-order valence-corrected chi connectivity index (χ0v) is 11.4. The van der Waals surface area contributed by atoms with E-state index in [1.807, 2.05) is 0 Å². The van der Waals surface area contributed by atoms with E-state index < -0.39 is 5.76 Å². The SMILES string of the molecule is O=C(Cn1c(-c2cccnc2)noc1=O)NCc1ccco1. The normalized spacial score (nSPS) is 10.5. The Balaban J connectivity index is 1.74. The summed E-state index contributed by atoms with van der Waals surface area (Å²) in [6.45, 7) is 0.0430. The number of amides is 1. The fraction of sp³-hybridized carbons (Fsp3) is 0.143. The van der Waals surface area contributed by atoms with Crippen molar-refractivity contribution in [2.75, 3.05) is 0 Å². The average Bonchev–Trinajstić information content (AvgIpc) is 3.17. The highest BCUT2D eigenvalue weighted by molar-refractivity contribution is 5.76. The fourth-order valence-corrected chi connectivity index (χ4v) is 1.91. The summed E-state index contributed by atoms with van der Waals surface area (Å²) in [5.41, 5.74) is 0.590. The van der Waals surface area contributed by atoms with Crippen molar-refractivity contribution in [3.8, 4) is 11.4 Å². The van der Waals surface area contributed by atoms with Crippen LogP contribution in [0, 0.1) is 0 Å². The second-order valence-corrected chi connectivity index (χ2v) is 4.46. The Morgan fingerprint density at radius 3 is 2.95 bits per heavy atom. The largest absolute Gasteiger partial charge is 0.467 e. The molecule has 0 unspecified atom stereocenters. The van der Waals surface area contributed by atoms with Crippen LogP contribution in [0.4, 0.5) is 0 Å². The third-order valence-electron chi connectivity index (χ3n) is 2.95. The molecule has 0 radical (unpaired) electrons. The highest BCUT2D eigenvalue weighted by Gasteiger charge is 2.15. The van der Waals surface area contributed by atoms with Gasteiger partial charge in [0.2, 0.25) is 5.91 Å². The first-order valence-corrected chi connectivity index (χ1v) is 6.50. The van der Waals surface area contributed by atoms with E-state index in [1.165, 1.54) is 12.5 Å². The molecule has 22 heavy (non-hydrogen) atoms. The van der Waals surface area contributed by atoms with Gasteiger partial charge < -0.3 is 9.73 Å². The van der Waals surface area contributed by atoms with Crippen LogP contribution in [-0.2, 0) is 17.9 Å². The Kier molecular flexibility index (Phi) is 3.82. The number of furan rings is 1. The lowest BCUT2D eigenvalue weighted by atomic mass is 10.2. The number of nitrogens with zero attached hydrogens (tertiary/aromatic N) is 3. The van der Waals surface area contributed by atoms with Crippen molar-refractivity contribution in [1.29, 1.82) is 0 Å². The van der Waals surface area contributed by atoms with Crippen molar-refractivity contribution in [1.82, 2.24) is 20.0 Å². The van der Waals surface area contributed by atoms with Crippen molar-refractivity contribution in [2.45, 2.75) is 13.1 Å². The second kappa shape index (κ2) is 6.08. The molecule has 0 atom stereocenters. The third-order valence-corrected chi connectivity index (χ3v) is 2.95. The van der Waals surface area contributed by atoms with Crippen LogP contribution in [0.5, 0.6) is 0 Å². The molecule has 3 heterocycles. The molecule has 112 valence electrons. The first-order valence-electron chi connectivity index (χ1n) is 6.50. The van der Waals surface area contributed by atoms with Crippen molar-refractivity contribution >= 4 is 5.91 Å². The van der Waals surface area contributed by atoms with Gasteiger partial charge in [-0.05, 0) is 24.3 Å². The van der Waals surface area contributed by atoms with Gasteiger partial charge in [-0.1, -0.05) is 5.16 Å². The lowest BCUT2D eigenvalue weighted by molar-refractivity contribution is -0.122. The Bertz CT molecular complexity index is 805. The quantitative estimate of drug-likeness (QED) is 0.747. The average molecular weight is 300 g/mol. The zero-order valence-electron chi connectivity index (χ0n) is 11.4. The van der Waals surface area contributed by atoms with Crippen molar-refractivity contribution in [2.24, 2.45) is 0 Å². The molecule has 0 aliphatic heterocycles. The van der Waals surface area contributed by atoms with Crippen LogP contribution in [0.15, 0.2) is 56.7 Å².